The fourth-order valence-electron chi connectivity index (χ4n) is 3.25. The van der Waals surface area contributed by atoms with Gasteiger partial charge in [-0.05, 0) is 0 Å². The molecular weight excluding hydrogens is 471 g/mol. The van der Waals surface area contributed by atoms with E-state index in [9.17, 15) is 0 Å². The van der Waals surface area contributed by atoms with Crippen molar-refractivity contribution in [1.82, 2.24) is 0 Å². The molecule has 5 nitrogen and oxygen atoms in total. The van der Waals surface area contributed by atoms with Crippen molar-refractivity contribution in [3.05, 3.63) is 54.1 Å². The van der Waals surface area contributed by atoms with E-state index < -0.39 is 0 Å². The van der Waals surface area contributed by atoms with Gasteiger partial charge in [0.25, 0.3) is 0 Å². The average molecular weight is 510 g/mol. The van der Waals surface area contributed by atoms with E-state index >= 15 is 0 Å². The van der Waals surface area contributed by atoms with E-state index in [0.29, 0.717) is 13.2 Å². The van der Waals surface area contributed by atoms with E-state index in [2.05, 4.69) is 45.0 Å². The third kappa shape index (κ3) is 9.13. The van der Waals surface area contributed by atoms with Crippen LogP contribution in [0.1, 0.15) is 46.3 Å². The summed E-state index contributed by atoms with van der Waals surface area (Å²) in [4.78, 5) is 0. The second-order valence-corrected chi connectivity index (χ2v) is 11.0. The second-order valence-electron chi connectivity index (χ2n) is 8.79. The van der Waals surface area contributed by atoms with Gasteiger partial charge >= 0.3 is 200 Å². The SMILES string of the molecule is COC[C@@H](C)Oc1cccc(O[C@H](C)COC)c1[Se]CC(OC(C)(C)C)c1ccccc1. The van der Waals surface area contributed by atoms with E-state index in [4.69, 9.17) is 23.7 Å². The number of methoxy groups -OCH3 is 2. The summed E-state index contributed by atoms with van der Waals surface area (Å²) in [5, 5.41) is 0.863. The van der Waals surface area contributed by atoms with Crippen LogP contribution in [0.15, 0.2) is 48.5 Å². The van der Waals surface area contributed by atoms with Crippen molar-refractivity contribution in [3.8, 4) is 11.5 Å². The third-order valence-electron chi connectivity index (χ3n) is 4.45. The number of hydrogen-bond acceptors (Lipinski definition) is 5. The van der Waals surface area contributed by atoms with Gasteiger partial charge in [-0.3, -0.25) is 0 Å². The molecule has 0 bridgehead atoms. The van der Waals surface area contributed by atoms with E-state index in [0.717, 1.165) is 21.3 Å². The maximum atomic E-state index is 6.46. The van der Waals surface area contributed by atoms with Gasteiger partial charge in [-0.1, -0.05) is 0 Å². The van der Waals surface area contributed by atoms with Gasteiger partial charge in [0.05, 0.1) is 0 Å². The normalized spacial score (nSPS) is 14.6. The zero-order valence-corrected chi connectivity index (χ0v) is 22.1. The molecule has 0 saturated heterocycles. The molecule has 0 radical (unpaired) electrons. The molecule has 0 aliphatic rings. The first-order valence-electron chi connectivity index (χ1n) is 11.0. The Labute approximate surface area is 199 Å². The van der Waals surface area contributed by atoms with Gasteiger partial charge in [-0.25, -0.2) is 0 Å². The minimum absolute atomic E-state index is 0.00935. The van der Waals surface area contributed by atoms with Gasteiger partial charge in [-0.2, -0.15) is 0 Å². The van der Waals surface area contributed by atoms with Crippen LogP contribution in [0.5, 0.6) is 11.5 Å². The van der Waals surface area contributed by atoms with Crippen LogP contribution in [0.2, 0.25) is 5.32 Å². The molecule has 0 aliphatic carbocycles. The van der Waals surface area contributed by atoms with Crippen LogP contribution < -0.4 is 13.9 Å². The zero-order chi connectivity index (χ0) is 23.6. The molecule has 2 aromatic rings. The first kappa shape index (κ1) is 26.7. The van der Waals surface area contributed by atoms with Crippen LogP contribution in [0.4, 0.5) is 0 Å². The maximum absolute atomic E-state index is 6.46. The summed E-state index contributed by atoms with van der Waals surface area (Å²) in [6, 6.07) is 16.4. The third-order valence-corrected chi connectivity index (χ3v) is 6.88. The van der Waals surface area contributed by atoms with Gasteiger partial charge in [0.15, 0.2) is 0 Å². The Hall–Kier alpha value is -1.56. The van der Waals surface area contributed by atoms with Crippen molar-refractivity contribution in [2.24, 2.45) is 0 Å². The fourth-order valence-corrected chi connectivity index (χ4v) is 5.54. The molecule has 0 aromatic heterocycles. The molecule has 0 aliphatic heterocycles. The average Bonchev–Trinajstić information content (AvgIpc) is 2.72. The van der Waals surface area contributed by atoms with Gasteiger partial charge in [0.1, 0.15) is 0 Å². The summed E-state index contributed by atoms with van der Waals surface area (Å²) in [7, 11) is 3.37. The van der Waals surface area contributed by atoms with E-state index in [1.807, 2.05) is 38.1 Å². The molecule has 32 heavy (non-hydrogen) atoms. The first-order valence-corrected chi connectivity index (χ1v) is 13.1. The molecule has 178 valence electrons. The Morgan fingerprint density at radius 3 is 1.78 bits per heavy atom. The Morgan fingerprint density at radius 1 is 0.781 bits per heavy atom. The van der Waals surface area contributed by atoms with Crippen LogP contribution in [0.25, 0.3) is 0 Å². The summed E-state index contributed by atoms with van der Waals surface area (Å²) < 4.78 is 30.6. The summed E-state index contributed by atoms with van der Waals surface area (Å²) in [6.45, 7) is 11.4. The van der Waals surface area contributed by atoms with Crippen LogP contribution in [0.3, 0.4) is 0 Å². The van der Waals surface area contributed by atoms with Crippen molar-refractivity contribution in [3.63, 3.8) is 0 Å². The molecule has 1 unspecified atom stereocenters. The predicted octanol–water partition coefficient (Wildman–Crippen LogP) is 4.82. The van der Waals surface area contributed by atoms with Crippen LogP contribution in [-0.2, 0) is 14.2 Å². The van der Waals surface area contributed by atoms with E-state index in [1.54, 1.807) is 14.2 Å². The molecule has 0 fully saturated rings. The van der Waals surface area contributed by atoms with Crippen LogP contribution in [-0.4, -0.2) is 60.2 Å². The van der Waals surface area contributed by atoms with Gasteiger partial charge in [0.2, 0.25) is 0 Å². The van der Waals surface area contributed by atoms with Crippen molar-refractivity contribution in [1.29, 1.82) is 0 Å². The summed E-state index contributed by atoms with van der Waals surface area (Å²) in [5.74, 6) is 1.69. The molecule has 3 atom stereocenters. The van der Waals surface area contributed by atoms with Crippen molar-refractivity contribution in [2.45, 2.75) is 63.9 Å². The van der Waals surface area contributed by atoms with Gasteiger partial charge in [-0.15, -0.1) is 0 Å². The molecule has 6 heteroatoms. The monoisotopic (exact) mass is 510 g/mol. The molecular formula is C26H38O5Se. The number of ether oxygens (including phenoxy) is 5. The fraction of sp³-hybridized carbons (Fsp3) is 0.538. The topological polar surface area (TPSA) is 46.2 Å². The van der Waals surface area contributed by atoms with Crippen molar-refractivity contribution >= 4 is 19.4 Å². The Bertz CT molecular complexity index is 758. The molecule has 0 saturated carbocycles. The zero-order valence-electron chi connectivity index (χ0n) is 20.4. The summed E-state index contributed by atoms with van der Waals surface area (Å²) >= 11 is 0.0528. The predicted molar refractivity (Wildman–Crippen MR) is 131 cm³/mol. The Balaban J connectivity index is 2.31. The molecule has 2 rings (SSSR count). The van der Waals surface area contributed by atoms with E-state index in [1.165, 1.54) is 5.56 Å². The standard InChI is InChI=1S/C26H38O5Se/c1-19(16-27-6)29-22-14-11-15-23(30-20(2)17-28-7)25(22)32-18-24(31-26(3,4)5)21-12-9-8-10-13-21/h8-15,19-20,24H,16-18H2,1-7H3/t19-,20-,24?/m1/s1. The Morgan fingerprint density at radius 2 is 1.31 bits per heavy atom. The Kier molecular flexibility index (Phi) is 11.0. The first-order chi connectivity index (χ1) is 15.2. The molecule has 0 heterocycles. The summed E-state index contributed by atoms with van der Waals surface area (Å²) in [5.41, 5.74) is 0.942. The number of hydrogen-bond donors (Lipinski definition) is 0. The van der Waals surface area contributed by atoms with Crippen LogP contribution in [0, 0.1) is 0 Å². The number of rotatable bonds is 13. The van der Waals surface area contributed by atoms with Crippen molar-refractivity contribution in [2.75, 3.05) is 27.4 Å². The van der Waals surface area contributed by atoms with Gasteiger partial charge in [0, 0.05) is 0 Å². The quantitative estimate of drug-likeness (QED) is 0.363. The van der Waals surface area contributed by atoms with Crippen LogP contribution >= 0.6 is 0 Å². The van der Waals surface area contributed by atoms with E-state index in [-0.39, 0.29) is 38.9 Å². The minimum atomic E-state index is -0.244. The molecule has 0 spiro atoms. The second kappa shape index (κ2) is 13.2. The summed E-state index contributed by atoms with van der Waals surface area (Å²) in [6.07, 6.45) is -0.126. The molecule has 0 amide bonds. The van der Waals surface area contributed by atoms with Gasteiger partial charge < -0.3 is 0 Å². The van der Waals surface area contributed by atoms with Crippen molar-refractivity contribution < 1.29 is 23.7 Å². The molecule has 2 aromatic carbocycles. The number of benzene rings is 2. The molecule has 0 N–H and O–H groups in total.